The number of amides is 1. The Morgan fingerprint density at radius 1 is 1.38 bits per heavy atom. The molecule has 0 unspecified atom stereocenters. The van der Waals surface area contributed by atoms with Gasteiger partial charge in [-0.15, -0.1) is 0 Å². The first-order valence-electron chi connectivity index (χ1n) is 7.39. The number of aromatic nitrogens is 2. The van der Waals surface area contributed by atoms with Gasteiger partial charge in [0.2, 0.25) is 11.4 Å². The third-order valence-electron chi connectivity index (χ3n) is 4.75. The highest BCUT2D eigenvalue weighted by atomic mass is 16.5. The Balaban J connectivity index is 1.51. The molecule has 1 aliphatic heterocycles. The number of fused-ring (bicyclic) bond motifs is 1. The van der Waals surface area contributed by atoms with Gasteiger partial charge in [-0.05, 0) is 43.7 Å². The van der Waals surface area contributed by atoms with E-state index in [-0.39, 0.29) is 11.7 Å². The summed E-state index contributed by atoms with van der Waals surface area (Å²) in [7, 11) is 0. The molecule has 0 radical (unpaired) electrons. The van der Waals surface area contributed by atoms with Gasteiger partial charge < -0.3 is 14.5 Å². The molecule has 6 nitrogen and oxygen atoms in total. The summed E-state index contributed by atoms with van der Waals surface area (Å²) in [6, 6.07) is 3.57. The normalized spacial score (nSPS) is 21.7. The van der Waals surface area contributed by atoms with Crippen LogP contribution in [0.25, 0.3) is 11.0 Å². The van der Waals surface area contributed by atoms with Gasteiger partial charge in [0.05, 0.1) is 11.0 Å². The van der Waals surface area contributed by atoms with Gasteiger partial charge in [0.15, 0.2) is 0 Å². The van der Waals surface area contributed by atoms with Crippen LogP contribution in [0.5, 0.6) is 0 Å². The third-order valence-corrected chi connectivity index (χ3v) is 4.75. The molecule has 1 saturated carbocycles. The van der Waals surface area contributed by atoms with Crippen molar-refractivity contribution >= 4 is 16.9 Å². The molecule has 1 amide bonds. The number of nitrogens with zero attached hydrogens (tertiary/aromatic N) is 3. The second-order valence-corrected chi connectivity index (χ2v) is 6.06. The first-order valence-corrected chi connectivity index (χ1v) is 7.39. The maximum absolute atomic E-state index is 12.5. The van der Waals surface area contributed by atoms with Crippen molar-refractivity contribution in [2.75, 3.05) is 13.1 Å². The first kappa shape index (κ1) is 12.8. The molecule has 0 spiro atoms. The summed E-state index contributed by atoms with van der Waals surface area (Å²) >= 11 is 0. The molecule has 3 heterocycles. The van der Waals surface area contributed by atoms with Crippen LogP contribution in [0.1, 0.15) is 36.2 Å². The smallest absolute Gasteiger partial charge is 0.293 e. The van der Waals surface area contributed by atoms with Crippen LogP contribution in [0.4, 0.5) is 0 Å². The lowest BCUT2D eigenvalue weighted by molar-refractivity contribution is 0.0324. The van der Waals surface area contributed by atoms with E-state index in [1.807, 2.05) is 0 Å². The van der Waals surface area contributed by atoms with Crippen molar-refractivity contribution in [1.29, 1.82) is 0 Å². The molecule has 2 fully saturated rings. The molecular weight excluding hydrogens is 270 g/mol. The van der Waals surface area contributed by atoms with Gasteiger partial charge in [0.1, 0.15) is 0 Å². The summed E-state index contributed by atoms with van der Waals surface area (Å²) in [5.74, 6) is 0.461. The van der Waals surface area contributed by atoms with Gasteiger partial charge in [-0.1, -0.05) is 5.16 Å². The molecule has 1 saturated heterocycles. The van der Waals surface area contributed by atoms with Gasteiger partial charge in [0.25, 0.3) is 5.91 Å². The lowest BCUT2D eigenvalue weighted by atomic mass is 9.89. The molecule has 2 aromatic rings. The van der Waals surface area contributed by atoms with E-state index in [2.05, 4.69) is 10.1 Å². The van der Waals surface area contributed by atoms with E-state index in [1.54, 1.807) is 23.2 Å². The number of carbonyl (C=O) groups is 1. The number of carbonyl (C=O) groups excluding carboxylic acids is 1. The Bertz CT molecular complexity index is 684. The number of likely N-dealkylation sites (tertiary alicyclic amines) is 1. The molecule has 1 aliphatic carbocycles. The monoisotopic (exact) mass is 287 g/mol. The Hall–Kier alpha value is -1.95. The van der Waals surface area contributed by atoms with Gasteiger partial charge in [-0.25, -0.2) is 4.98 Å². The second kappa shape index (κ2) is 4.53. The van der Waals surface area contributed by atoms with Crippen molar-refractivity contribution in [2.24, 2.45) is 5.92 Å². The summed E-state index contributed by atoms with van der Waals surface area (Å²) < 4.78 is 5.18. The quantitative estimate of drug-likeness (QED) is 0.907. The van der Waals surface area contributed by atoms with E-state index in [4.69, 9.17) is 4.52 Å². The fraction of sp³-hybridized carbons (Fsp3) is 0.533. The maximum atomic E-state index is 12.5. The summed E-state index contributed by atoms with van der Waals surface area (Å²) in [4.78, 5) is 18.4. The molecule has 6 heteroatoms. The highest BCUT2D eigenvalue weighted by Crippen LogP contribution is 2.46. The summed E-state index contributed by atoms with van der Waals surface area (Å²) in [5.41, 5.74) is 0.0147. The third kappa shape index (κ3) is 2.10. The lowest BCUT2D eigenvalue weighted by Crippen LogP contribution is -2.41. The highest BCUT2D eigenvalue weighted by Gasteiger charge is 2.48. The van der Waals surface area contributed by atoms with Crippen LogP contribution in [0.3, 0.4) is 0 Å². The van der Waals surface area contributed by atoms with Crippen LogP contribution >= 0.6 is 0 Å². The standard InChI is InChI=1S/C15H17N3O3/c19-14(12-11-2-1-7-16-13(11)17-21-12)18-8-3-10(4-9-18)15(20)5-6-15/h1-2,7,10,20H,3-6,8-9H2. The Labute approximate surface area is 121 Å². The van der Waals surface area contributed by atoms with Crippen molar-refractivity contribution < 1.29 is 14.4 Å². The number of hydrogen-bond acceptors (Lipinski definition) is 5. The van der Waals surface area contributed by atoms with Crippen molar-refractivity contribution in [2.45, 2.75) is 31.3 Å². The summed E-state index contributed by atoms with van der Waals surface area (Å²) in [6.45, 7) is 1.32. The average Bonchev–Trinajstić information content (AvgIpc) is 3.13. The topological polar surface area (TPSA) is 79.5 Å². The summed E-state index contributed by atoms with van der Waals surface area (Å²) in [6.07, 6.45) is 5.15. The number of piperidine rings is 1. The van der Waals surface area contributed by atoms with Crippen molar-refractivity contribution in [3.05, 3.63) is 24.1 Å². The average molecular weight is 287 g/mol. The van der Waals surface area contributed by atoms with E-state index in [0.29, 0.717) is 30.0 Å². The fourth-order valence-corrected chi connectivity index (χ4v) is 3.24. The second-order valence-electron chi connectivity index (χ2n) is 6.06. The highest BCUT2D eigenvalue weighted by molar-refractivity contribution is 6.02. The van der Waals surface area contributed by atoms with E-state index in [1.165, 1.54) is 0 Å². The van der Waals surface area contributed by atoms with Crippen LogP contribution in [-0.4, -0.2) is 44.7 Å². The van der Waals surface area contributed by atoms with Crippen LogP contribution in [0, 0.1) is 5.92 Å². The van der Waals surface area contributed by atoms with Crippen LogP contribution in [0.2, 0.25) is 0 Å². The summed E-state index contributed by atoms with van der Waals surface area (Å²) in [5, 5.41) is 14.6. The zero-order chi connectivity index (χ0) is 14.4. The molecule has 2 aromatic heterocycles. The number of pyridine rings is 1. The molecule has 2 aliphatic rings. The molecule has 0 bridgehead atoms. The zero-order valence-electron chi connectivity index (χ0n) is 11.7. The van der Waals surface area contributed by atoms with E-state index >= 15 is 0 Å². The molecule has 21 heavy (non-hydrogen) atoms. The molecule has 0 aromatic carbocycles. The van der Waals surface area contributed by atoms with E-state index in [9.17, 15) is 9.90 Å². The van der Waals surface area contributed by atoms with E-state index in [0.717, 1.165) is 25.7 Å². The predicted molar refractivity (Wildman–Crippen MR) is 74.6 cm³/mol. The molecule has 110 valence electrons. The molecular formula is C15H17N3O3. The predicted octanol–water partition coefficient (Wildman–Crippen LogP) is 1.60. The minimum atomic E-state index is -0.446. The minimum absolute atomic E-state index is 0.133. The maximum Gasteiger partial charge on any atom is 0.293 e. The van der Waals surface area contributed by atoms with Gasteiger partial charge in [-0.2, -0.15) is 0 Å². The van der Waals surface area contributed by atoms with Gasteiger partial charge in [-0.3, -0.25) is 4.79 Å². The van der Waals surface area contributed by atoms with Crippen LogP contribution in [-0.2, 0) is 0 Å². The molecule has 0 atom stereocenters. The Kier molecular flexibility index (Phi) is 2.75. The first-order chi connectivity index (χ1) is 10.2. The number of aliphatic hydroxyl groups is 1. The largest absolute Gasteiger partial charge is 0.390 e. The lowest BCUT2D eigenvalue weighted by Gasteiger charge is -2.33. The van der Waals surface area contributed by atoms with E-state index < -0.39 is 5.60 Å². The Morgan fingerprint density at radius 3 is 2.86 bits per heavy atom. The van der Waals surface area contributed by atoms with Crippen molar-refractivity contribution in [3.8, 4) is 0 Å². The molecule has 4 rings (SSSR count). The zero-order valence-corrected chi connectivity index (χ0v) is 11.7. The van der Waals surface area contributed by atoms with Crippen LogP contribution < -0.4 is 0 Å². The van der Waals surface area contributed by atoms with Gasteiger partial charge in [0, 0.05) is 19.3 Å². The SMILES string of the molecule is O=C(c1onc2ncccc12)N1CCC(C2(O)CC2)CC1. The van der Waals surface area contributed by atoms with Gasteiger partial charge >= 0.3 is 0 Å². The minimum Gasteiger partial charge on any atom is -0.390 e. The fourth-order valence-electron chi connectivity index (χ4n) is 3.24. The number of hydrogen-bond donors (Lipinski definition) is 1. The van der Waals surface area contributed by atoms with Crippen molar-refractivity contribution in [1.82, 2.24) is 15.0 Å². The Morgan fingerprint density at radius 2 is 2.14 bits per heavy atom. The van der Waals surface area contributed by atoms with Crippen LogP contribution in [0.15, 0.2) is 22.9 Å². The van der Waals surface area contributed by atoms with Crippen molar-refractivity contribution in [3.63, 3.8) is 0 Å². The number of rotatable bonds is 2. The molecule has 1 N–H and O–H groups in total.